The van der Waals surface area contributed by atoms with E-state index in [9.17, 15) is 4.79 Å². The smallest absolute Gasteiger partial charge is 0.250 e. The zero-order valence-electron chi connectivity index (χ0n) is 10.6. The van der Waals surface area contributed by atoms with Gasteiger partial charge in [-0.25, -0.2) is 0 Å². The van der Waals surface area contributed by atoms with Gasteiger partial charge in [-0.15, -0.1) is 0 Å². The van der Waals surface area contributed by atoms with Gasteiger partial charge in [0, 0.05) is 18.8 Å². The molecule has 1 aromatic carbocycles. The molecule has 0 radical (unpaired) electrons. The second kappa shape index (κ2) is 6.12. The number of hydrogen-bond donors (Lipinski definition) is 3. The third kappa shape index (κ3) is 3.52. The van der Waals surface area contributed by atoms with Crippen molar-refractivity contribution in [1.29, 1.82) is 0 Å². The molecule has 19 heavy (non-hydrogen) atoms. The fraction of sp³-hybridized carbons (Fsp3) is 0.462. The van der Waals surface area contributed by atoms with Crippen LogP contribution in [0.1, 0.15) is 23.2 Å². The molecule has 1 atom stereocenters. The summed E-state index contributed by atoms with van der Waals surface area (Å²) in [6, 6.07) is 3.14. The molecule has 1 saturated heterocycles. The van der Waals surface area contributed by atoms with Crippen LogP contribution in [0.2, 0.25) is 5.02 Å². The summed E-state index contributed by atoms with van der Waals surface area (Å²) in [6.45, 7) is 2.25. The third-order valence-corrected chi connectivity index (χ3v) is 3.50. The maximum Gasteiger partial charge on any atom is 0.250 e. The van der Waals surface area contributed by atoms with Gasteiger partial charge in [0.1, 0.15) is 0 Å². The van der Waals surface area contributed by atoms with Crippen molar-refractivity contribution in [3.8, 4) is 0 Å². The second-order valence-corrected chi connectivity index (χ2v) is 5.16. The van der Waals surface area contributed by atoms with Gasteiger partial charge in [0.25, 0.3) is 5.91 Å². The number of amides is 1. The lowest BCUT2D eigenvalue weighted by atomic mass is 10.0. The summed E-state index contributed by atoms with van der Waals surface area (Å²) in [5.74, 6) is -0.125. The van der Waals surface area contributed by atoms with Crippen molar-refractivity contribution >= 4 is 28.9 Å². The number of halogens is 1. The van der Waals surface area contributed by atoms with Crippen LogP contribution >= 0.6 is 11.6 Å². The minimum absolute atomic E-state index is 0.321. The molecule has 1 aliphatic heterocycles. The lowest BCUT2D eigenvalue weighted by Gasteiger charge is -2.23. The number of primary amides is 1. The molecule has 104 valence electrons. The van der Waals surface area contributed by atoms with Crippen LogP contribution < -0.4 is 16.8 Å². The first-order valence-corrected chi connectivity index (χ1v) is 6.66. The Kier molecular flexibility index (Phi) is 4.50. The highest BCUT2D eigenvalue weighted by molar-refractivity contribution is 6.34. The molecule has 0 spiro atoms. The number of ether oxygens (including phenoxy) is 1. The number of rotatable bonds is 4. The molecular weight excluding hydrogens is 266 g/mol. The molecule has 2 rings (SSSR count). The van der Waals surface area contributed by atoms with E-state index in [0.717, 1.165) is 26.1 Å². The van der Waals surface area contributed by atoms with Crippen molar-refractivity contribution in [2.24, 2.45) is 11.7 Å². The van der Waals surface area contributed by atoms with E-state index >= 15 is 0 Å². The molecule has 5 nitrogen and oxygen atoms in total. The predicted octanol–water partition coefficient (Wildman–Crippen LogP) is 1.86. The SMILES string of the molecule is NC(=O)c1cc(N)cc(Cl)c1NCC1CCCOC1. The van der Waals surface area contributed by atoms with Crippen LogP contribution in [-0.4, -0.2) is 25.7 Å². The molecule has 0 aromatic heterocycles. The second-order valence-electron chi connectivity index (χ2n) is 4.75. The first-order chi connectivity index (χ1) is 9.08. The summed E-state index contributed by atoms with van der Waals surface area (Å²) in [5, 5.41) is 3.60. The molecule has 1 amide bonds. The molecule has 1 aliphatic rings. The Morgan fingerprint density at radius 3 is 2.95 bits per heavy atom. The standard InChI is InChI=1S/C13H18ClN3O2/c14-11-5-9(15)4-10(13(16)18)12(11)17-6-8-2-1-3-19-7-8/h4-5,8,17H,1-3,6-7,15H2,(H2,16,18). The van der Waals surface area contributed by atoms with E-state index in [1.54, 1.807) is 6.07 Å². The number of carbonyl (C=O) groups excluding carboxylic acids is 1. The summed E-state index contributed by atoms with van der Waals surface area (Å²) in [7, 11) is 0. The summed E-state index contributed by atoms with van der Waals surface area (Å²) >= 11 is 6.11. The van der Waals surface area contributed by atoms with Gasteiger partial charge >= 0.3 is 0 Å². The molecule has 0 aliphatic carbocycles. The van der Waals surface area contributed by atoms with Crippen LogP contribution in [0.25, 0.3) is 0 Å². The average molecular weight is 284 g/mol. The normalized spacial score (nSPS) is 19.1. The summed E-state index contributed by atoms with van der Waals surface area (Å²) < 4.78 is 5.41. The molecule has 0 bridgehead atoms. The Hall–Kier alpha value is -1.46. The first kappa shape index (κ1) is 14.0. The van der Waals surface area contributed by atoms with E-state index in [2.05, 4.69) is 5.32 Å². The molecule has 1 heterocycles. The Morgan fingerprint density at radius 2 is 2.32 bits per heavy atom. The van der Waals surface area contributed by atoms with E-state index in [4.69, 9.17) is 27.8 Å². The highest BCUT2D eigenvalue weighted by atomic mass is 35.5. The van der Waals surface area contributed by atoms with Gasteiger partial charge in [-0.1, -0.05) is 11.6 Å². The van der Waals surface area contributed by atoms with Gasteiger partial charge in [-0.05, 0) is 30.9 Å². The number of hydrogen-bond acceptors (Lipinski definition) is 4. The zero-order chi connectivity index (χ0) is 13.8. The molecule has 1 fully saturated rings. The Balaban J connectivity index is 2.12. The number of benzene rings is 1. The monoisotopic (exact) mass is 283 g/mol. The maximum atomic E-state index is 11.4. The van der Waals surface area contributed by atoms with Crippen molar-refractivity contribution in [3.63, 3.8) is 0 Å². The van der Waals surface area contributed by atoms with Gasteiger partial charge in [-0.2, -0.15) is 0 Å². The van der Waals surface area contributed by atoms with Crippen molar-refractivity contribution in [1.82, 2.24) is 0 Å². The molecule has 1 unspecified atom stereocenters. The maximum absolute atomic E-state index is 11.4. The highest BCUT2D eigenvalue weighted by Crippen LogP contribution is 2.29. The van der Waals surface area contributed by atoms with Crippen molar-refractivity contribution in [2.45, 2.75) is 12.8 Å². The van der Waals surface area contributed by atoms with E-state index < -0.39 is 5.91 Å². The van der Waals surface area contributed by atoms with E-state index in [-0.39, 0.29) is 0 Å². The van der Waals surface area contributed by atoms with Crippen molar-refractivity contribution < 1.29 is 9.53 Å². The van der Waals surface area contributed by atoms with E-state index in [0.29, 0.717) is 34.4 Å². The van der Waals surface area contributed by atoms with Crippen molar-refractivity contribution in [2.75, 3.05) is 30.8 Å². The number of nitrogen functional groups attached to an aromatic ring is 1. The Labute approximate surface area is 117 Å². The number of carbonyl (C=O) groups is 1. The Bertz CT molecular complexity index is 473. The van der Waals surface area contributed by atoms with Gasteiger partial charge in [-0.3, -0.25) is 4.79 Å². The largest absolute Gasteiger partial charge is 0.399 e. The third-order valence-electron chi connectivity index (χ3n) is 3.20. The minimum atomic E-state index is -0.545. The molecule has 6 heteroatoms. The molecule has 5 N–H and O–H groups in total. The topological polar surface area (TPSA) is 90.4 Å². The van der Waals surface area contributed by atoms with E-state index in [1.165, 1.54) is 6.07 Å². The first-order valence-electron chi connectivity index (χ1n) is 6.28. The average Bonchev–Trinajstić information content (AvgIpc) is 2.38. The molecule has 0 saturated carbocycles. The highest BCUT2D eigenvalue weighted by Gasteiger charge is 2.17. The Morgan fingerprint density at radius 1 is 1.53 bits per heavy atom. The van der Waals surface area contributed by atoms with Crippen LogP contribution in [0.15, 0.2) is 12.1 Å². The van der Waals surface area contributed by atoms with Gasteiger partial charge in [0.05, 0.1) is 22.9 Å². The fourth-order valence-corrected chi connectivity index (χ4v) is 2.51. The zero-order valence-corrected chi connectivity index (χ0v) is 11.4. The van der Waals surface area contributed by atoms with Crippen LogP contribution in [-0.2, 0) is 4.74 Å². The summed E-state index contributed by atoms with van der Waals surface area (Å²) in [5.41, 5.74) is 12.3. The van der Waals surface area contributed by atoms with Crippen molar-refractivity contribution in [3.05, 3.63) is 22.7 Å². The predicted molar refractivity (Wildman–Crippen MR) is 76.4 cm³/mol. The van der Waals surface area contributed by atoms with Gasteiger partial charge in [0.15, 0.2) is 0 Å². The van der Waals surface area contributed by atoms with Gasteiger partial charge < -0.3 is 21.5 Å². The summed E-state index contributed by atoms with van der Waals surface area (Å²) in [4.78, 5) is 11.4. The fourth-order valence-electron chi connectivity index (χ4n) is 2.22. The molecule has 1 aromatic rings. The van der Waals surface area contributed by atoms with E-state index in [1.807, 2.05) is 0 Å². The van der Waals surface area contributed by atoms with Gasteiger partial charge in [0.2, 0.25) is 0 Å². The number of anilines is 2. The van der Waals surface area contributed by atoms with Crippen LogP contribution in [0.3, 0.4) is 0 Å². The van der Waals surface area contributed by atoms with Crippen LogP contribution in [0, 0.1) is 5.92 Å². The molecular formula is C13H18ClN3O2. The van der Waals surface area contributed by atoms with Crippen LogP contribution in [0.5, 0.6) is 0 Å². The lowest BCUT2D eigenvalue weighted by molar-refractivity contribution is 0.0595. The lowest BCUT2D eigenvalue weighted by Crippen LogP contribution is -2.25. The van der Waals surface area contributed by atoms with Crippen LogP contribution in [0.4, 0.5) is 11.4 Å². The quantitative estimate of drug-likeness (QED) is 0.736. The number of nitrogens with one attached hydrogen (secondary N) is 1. The summed E-state index contributed by atoms with van der Waals surface area (Å²) in [6.07, 6.45) is 2.16. The number of nitrogens with two attached hydrogens (primary N) is 2. The minimum Gasteiger partial charge on any atom is -0.399 e.